The molecule has 0 saturated carbocycles. The van der Waals surface area contributed by atoms with Crippen molar-refractivity contribution in [1.82, 2.24) is 20.1 Å². The van der Waals surface area contributed by atoms with Gasteiger partial charge in [0.05, 0.1) is 24.7 Å². The fourth-order valence-electron chi connectivity index (χ4n) is 1.62. The average Bonchev–Trinajstić information content (AvgIpc) is 3.14. The predicted octanol–water partition coefficient (Wildman–Crippen LogP) is 1.31. The smallest absolute Gasteiger partial charge is 0.233 e. The summed E-state index contributed by atoms with van der Waals surface area (Å²) in [5.41, 5.74) is 0. The standard InChI is InChI=1S/C13H18N4O3S/c1-10(12(18)14-8-11-4-3-6-20-11)21-13-16-15-9-17(13)5-7-19-2/h3-4,6,9-10H,5,7-8H2,1-2H3,(H,14,18)/t10-/m0/s1. The molecule has 1 amide bonds. The third-order valence-electron chi connectivity index (χ3n) is 2.78. The zero-order valence-corrected chi connectivity index (χ0v) is 12.8. The molecule has 0 aromatic carbocycles. The van der Waals surface area contributed by atoms with Crippen LogP contribution in [0.15, 0.2) is 34.3 Å². The number of amides is 1. The van der Waals surface area contributed by atoms with Gasteiger partial charge in [-0.3, -0.25) is 4.79 Å². The van der Waals surface area contributed by atoms with Crippen molar-refractivity contribution in [3.05, 3.63) is 30.5 Å². The lowest BCUT2D eigenvalue weighted by Crippen LogP contribution is -2.30. The Morgan fingerprint density at radius 3 is 3.19 bits per heavy atom. The van der Waals surface area contributed by atoms with Crippen molar-refractivity contribution in [2.24, 2.45) is 0 Å². The number of ether oxygens (including phenoxy) is 1. The van der Waals surface area contributed by atoms with Crippen LogP contribution in [0.3, 0.4) is 0 Å². The number of nitrogens with one attached hydrogen (secondary N) is 1. The quantitative estimate of drug-likeness (QED) is 0.740. The second kappa shape index (κ2) is 7.84. The van der Waals surface area contributed by atoms with E-state index in [4.69, 9.17) is 9.15 Å². The molecule has 2 rings (SSSR count). The van der Waals surface area contributed by atoms with E-state index < -0.39 is 0 Å². The van der Waals surface area contributed by atoms with Crippen LogP contribution in [0.2, 0.25) is 0 Å². The number of nitrogens with zero attached hydrogens (tertiary/aromatic N) is 3. The summed E-state index contributed by atoms with van der Waals surface area (Å²) < 4.78 is 12.1. The van der Waals surface area contributed by atoms with Crippen LogP contribution in [-0.2, 0) is 22.6 Å². The molecule has 1 N–H and O–H groups in total. The summed E-state index contributed by atoms with van der Waals surface area (Å²) in [6, 6.07) is 3.61. The SMILES string of the molecule is COCCn1cnnc1S[C@@H](C)C(=O)NCc1ccco1. The average molecular weight is 310 g/mol. The van der Waals surface area contributed by atoms with Gasteiger partial charge in [0.15, 0.2) is 5.16 Å². The molecule has 0 radical (unpaired) electrons. The lowest BCUT2D eigenvalue weighted by Gasteiger charge is -2.11. The van der Waals surface area contributed by atoms with Crippen LogP contribution in [0.25, 0.3) is 0 Å². The molecule has 21 heavy (non-hydrogen) atoms. The summed E-state index contributed by atoms with van der Waals surface area (Å²) in [5, 5.41) is 11.1. The molecule has 1 atom stereocenters. The number of hydrogen-bond acceptors (Lipinski definition) is 6. The van der Waals surface area contributed by atoms with Gasteiger partial charge in [-0.2, -0.15) is 0 Å². The molecule has 114 valence electrons. The Hall–Kier alpha value is -1.80. The number of aromatic nitrogens is 3. The molecule has 0 bridgehead atoms. The Bertz CT molecular complexity index is 556. The van der Waals surface area contributed by atoms with Crippen molar-refractivity contribution < 1.29 is 13.9 Å². The van der Waals surface area contributed by atoms with Gasteiger partial charge in [0.25, 0.3) is 0 Å². The molecular formula is C13H18N4O3S. The highest BCUT2D eigenvalue weighted by Crippen LogP contribution is 2.20. The van der Waals surface area contributed by atoms with Gasteiger partial charge in [-0.1, -0.05) is 11.8 Å². The molecule has 0 spiro atoms. The highest BCUT2D eigenvalue weighted by atomic mass is 32.2. The molecule has 2 heterocycles. The van der Waals surface area contributed by atoms with Gasteiger partial charge in [-0.05, 0) is 19.1 Å². The minimum atomic E-state index is -0.273. The van der Waals surface area contributed by atoms with E-state index in [2.05, 4.69) is 15.5 Å². The first kappa shape index (κ1) is 15.6. The van der Waals surface area contributed by atoms with E-state index in [-0.39, 0.29) is 11.2 Å². The van der Waals surface area contributed by atoms with Gasteiger partial charge in [0.1, 0.15) is 12.1 Å². The minimum absolute atomic E-state index is 0.0716. The van der Waals surface area contributed by atoms with Crippen LogP contribution >= 0.6 is 11.8 Å². The summed E-state index contributed by atoms with van der Waals surface area (Å²) >= 11 is 1.36. The van der Waals surface area contributed by atoms with Crippen molar-refractivity contribution in [2.45, 2.75) is 30.4 Å². The zero-order chi connectivity index (χ0) is 15.1. The molecule has 0 aliphatic carbocycles. The van der Waals surface area contributed by atoms with Gasteiger partial charge >= 0.3 is 0 Å². The van der Waals surface area contributed by atoms with Gasteiger partial charge in [-0.15, -0.1) is 10.2 Å². The maximum Gasteiger partial charge on any atom is 0.233 e. The van der Waals surface area contributed by atoms with Crippen LogP contribution in [0.5, 0.6) is 0 Å². The largest absolute Gasteiger partial charge is 0.467 e. The van der Waals surface area contributed by atoms with E-state index in [0.717, 1.165) is 5.76 Å². The third kappa shape index (κ3) is 4.61. The molecule has 7 nitrogen and oxygen atoms in total. The summed E-state index contributed by atoms with van der Waals surface area (Å²) in [4.78, 5) is 12.0. The second-order valence-corrected chi connectivity index (χ2v) is 5.66. The van der Waals surface area contributed by atoms with Crippen molar-refractivity contribution in [3.63, 3.8) is 0 Å². The van der Waals surface area contributed by atoms with Gasteiger partial charge < -0.3 is 19.0 Å². The van der Waals surface area contributed by atoms with Crippen LogP contribution in [0.4, 0.5) is 0 Å². The fraction of sp³-hybridized carbons (Fsp3) is 0.462. The Balaban J connectivity index is 1.84. The number of carbonyl (C=O) groups is 1. The Kier molecular flexibility index (Phi) is 5.82. The zero-order valence-electron chi connectivity index (χ0n) is 12.0. The number of carbonyl (C=O) groups excluding carboxylic acids is 1. The first-order chi connectivity index (χ1) is 10.2. The lowest BCUT2D eigenvalue weighted by atomic mass is 10.4. The van der Waals surface area contributed by atoms with E-state index in [1.165, 1.54) is 11.8 Å². The maximum atomic E-state index is 12.0. The first-order valence-electron chi connectivity index (χ1n) is 6.54. The van der Waals surface area contributed by atoms with Crippen molar-refractivity contribution in [3.8, 4) is 0 Å². The Labute approximate surface area is 127 Å². The molecule has 2 aromatic rings. The monoisotopic (exact) mass is 310 g/mol. The number of rotatable bonds is 8. The fourth-order valence-corrected chi connectivity index (χ4v) is 2.50. The molecular weight excluding hydrogens is 292 g/mol. The topological polar surface area (TPSA) is 82.2 Å². The second-order valence-electron chi connectivity index (χ2n) is 4.36. The molecule has 0 unspecified atom stereocenters. The van der Waals surface area contributed by atoms with Crippen LogP contribution in [0.1, 0.15) is 12.7 Å². The molecule has 2 aromatic heterocycles. The van der Waals surface area contributed by atoms with Gasteiger partial charge in [-0.25, -0.2) is 0 Å². The summed E-state index contributed by atoms with van der Waals surface area (Å²) in [5.74, 6) is 0.654. The normalized spacial score (nSPS) is 12.3. The molecule has 8 heteroatoms. The number of thioether (sulfide) groups is 1. The molecule has 0 fully saturated rings. The first-order valence-corrected chi connectivity index (χ1v) is 7.42. The van der Waals surface area contributed by atoms with Gasteiger partial charge in [0.2, 0.25) is 5.91 Å². The summed E-state index contributed by atoms with van der Waals surface area (Å²) in [6.45, 7) is 3.45. The summed E-state index contributed by atoms with van der Waals surface area (Å²) in [6.07, 6.45) is 3.22. The van der Waals surface area contributed by atoms with Crippen molar-refractivity contribution >= 4 is 17.7 Å². The predicted molar refractivity (Wildman–Crippen MR) is 77.8 cm³/mol. The van der Waals surface area contributed by atoms with Gasteiger partial charge in [0, 0.05) is 13.7 Å². The van der Waals surface area contributed by atoms with Crippen molar-refractivity contribution in [2.75, 3.05) is 13.7 Å². The van der Waals surface area contributed by atoms with Crippen LogP contribution < -0.4 is 5.32 Å². The Morgan fingerprint density at radius 2 is 2.48 bits per heavy atom. The van der Waals surface area contributed by atoms with E-state index in [1.807, 2.05) is 17.6 Å². The Morgan fingerprint density at radius 1 is 1.62 bits per heavy atom. The van der Waals surface area contributed by atoms with E-state index in [1.54, 1.807) is 25.8 Å². The van der Waals surface area contributed by atoms with E-state index >= 15 is 0 Å². The third-order valence-corrected chi connectivity index (χ3v) is 3.88. The number of furan rings is 1. The highest BCUT2D eigenvalue weighted by Gasteiger charge is 2.17. The van der Waals surface area contributed by atoms with Crippen molar-refractivity contribution in [1.29, 1.82) is 0 Å². The molecule has 0 aliphatic heterocycles. The van der Waals surface area contributed by atoms with E-state index in [9.17, 15) is 4.79 Å². The maximum absolute atomic E-state index is 12.0. The number of methoxy groups -OCH3 is 1. The van der Waals surface area contributed by atoms with Crippen LogP contribution in [-0.4, -0.2) is 39.6 Å². The highest BCUT2D eigenvalue weighted by molar-refractivity contribution is 8.00. The number of hydrogen-bond donors (Lipinski definition) is 1. The summed E-state index contributed by atoms with van der Waals surface area (Å²) in [7, 11) is 1.64. The molecule has 0 saturated heterocycles. The van der Waals surface area contributed by atoms with Crippen LogP contribution in [0, 0.1) is 0 Å². The van der Waals surface area contributed by atoms with E-state index in [0.29, 0.717) is 24.9 Å². The lowest BCUT2D eigenvalue weighted by molar-refractivity contribution is -0.120. The molecule has 0 aliphatic rings. The minimum Gasteiger partial charge on any atom is -0.467 e.